The molecule has 0 radical (unpaired) electrons. The van der Waals surface area contributed by atoms with Crippen molar-refractivity contribution in [2.24, 2.45) is 5.92 Å². The molecule has 5 heteroatoms. The Morgan fingerprint density at radius 3 is 2.85 bits per heavy atom. The molecule has 0 aliphatic rings. The van der Waals surface area contributed by atoms with Crippen molar-refractivity contribution in [1.82, 2.24) is 4.90 Å². The second-order valence-corrected chi connectivity index (χ2v) is 5.99. The van der Waals surface area contributed by atoms with E-state index >= 15 is 0 Å². The fourth-order valence-corrected chi connectivity index (χ4v) is 3.32. The van der Waals surface area contributed by atoms with Crippen LogP contribution in [-0.4, -0.2) is 29.6 Å². The van der Waals surface area contributed by atoms with Gasteiger partial charge in [0.05, 0.1) is 12.0 Å². The number of aromatic carboxylic acids is 1. The van der Waals surface area contributed by atoms with E-state index in [9.17, 15) is 9.90 Å². The monoisotopic (exact) mass is 288 g/mol. The highest BCUT2D eigenvalue weighted by molar-refractivity contribution is 7.21. The molecule has 0 spiro atoms. The molecule has 104 valence electrons. The molecule has 0 aliphatic carbocycles. The molecular weight excluding hydrogens is 272 g/mol. The van der Waals surface area contributed by atoms with E-state index in [1.807, 2.05) is 43.1 Å². The summed E-state index contributed by atoms with van der Waals surface area (Å²) in [5.41, 5.74) is 0.839. The summed E-state index contributed by atoms with van der Waals surface area (Å²) in [5, 5.41) is 19.2. The molecule has 0 fully saturated rings. The fraction of sp³-hybridized carbons (Fsp3) is 0.333. The van der Waals surface area contributed by atoms with Gasteiger partial charge >= 0.3 is 5.97 Å². The summed E-state index contributed by atoms with van der Waals surface area (Å²) >= 11 is 1.31. The van der Waals surface area contributed by atoms with Crippen LogP contribution in [0.15, 0.2) is 24.3 Å². The molecule has 0 bridgehead atoms. The molecule has 2 aromatic rings. The van der Waals surface area contributed by atoms with Gasteiger partial charge in [0, 0.05) is 17.8 Å². The average Bonchev–Trinajstić information content (AvgIpc) is 2.78. The molecule has 0 saturated heterocycles. The zero-order chi connectivity index (χ0) is 14.7. The Hall–Kier alpha value is -1.90. The van der Waals surface area contributed by atoms with E-state index < -0.39 is 5.97 Å². The van der Waals surface area contributed by atoms with E-state index in [1.165, 1.54) is 11.3 Å². The zero-order valence-electron chi connectivity index (χ0n) is 11.5. The predicted molar refractivity (Wildman–Crippen MR) is 79.9 cm³/mol. The van der Waals surface area contributed by atoms with Crippen LogP contribution in [0.2, 0.25) is 0 Å². The summed E-state index contributed by atoms with van der Waals surface area (Å²) in [6.07, 6.45) is 0. The Bertz CT molecular complexity index is 672. The second-order valence-electron chi connectivity index (χ2n) is 4.94. The van der Waals surface area contributed by atoms with Crippen LogP contribution in [0.25, 0.3) is 10.1 Å². The van der Waals surface area contributed by atoms with Crippen molar-refractivity contribution in [3.05, 3.63) is 34.7 Å². The topological polar surface area (TPSA) is 64.3 Å². The van der Waals surface area contributed by atoms with Crippen LogP contribution >= 0.6 is 11.3 Å². The number of nitrogens with zero attached hydrogens (tertiary/aromatic N) is 2. The summed E-state index contributed by atoms with van der Waals surface area (Å²) in [7, 11) is 1.91. The van der Waals surface area contributed by atoms with Crippen LogP contribution in [0.1, 0.15) is 22.2 Å². The number of thiophene rings is 1. The maximum atomic E-state index is 11.4. The molecular formula is C15H16N2O2S. The Kier molecular flexibility index (Phi) is 4.38. The molecule has 4 nitrogen and oxygen atoms in total. The molecule has 2 rings (SSSR count). The van der Waals surface area contributed by atoms with E-state index in [2.05, 4.69) is 6.07 Å². The summed E-state index contributed by atoms with van der Waals surface area (Å²) in [5.74, 6) is -0.957. The van der Waals surface area contributed by atoms with E-state index in [0.29, 0.717) is 18.0 Å². The van der Waals surface area contributed by atoms with Gasteiger partial charge in [-0.1, -0.05) is 18.2 Å². The van der Waals surface area contributed by atoms with E-state index in [1.54, 1.807) is 0 Å². The molecule has 20 heavy (non-hydrogen) atoms. The maximum Gasteiger partial charge on any atom is 0.346 e. The number of nitriles is 1. The number of hydrogen-bond donors (Lipinski definition) is 1. The highest BCUT2D eigenvalue weighted by Crippen LogP contribution is 2.32. The fourth-order valence-electron chi connectivity index (χ4n) is 2.27. The first-order valence-corrected chi connectivity index (χ1v) is 7.16. The van der Waals surface area contributed by atoms with E-state index in [4.69, 9.17) is 5.26 Å². The third-order valence-corrected chi connectivity index (χ3v) is 4.33. The molecule has 1 atom stereocenters. The first-order chi connectivity index (χ1) is 9.52. The van der Waals surface area contributed by atoms with Crippen LogP contribution < -0.4 is 0 Å². The third-order valence-electron chi connectivity index (χ3n) is 3.13. The number of benzene rings is 1. The number of rotatable bonds is 5. The SMILES string of the molecule is CC(C#N)CN(C)Cc1c(C(=O)O)sc2ccccc12. The largest absolute Gasteiger partial charge is 0.477 e. The molecule has 0 aliphatic heterocycles. The highest BCUT2D eigenvalue weighted by Gasteiger charge is 2.19. The first-order valence-electron chi connectivity index (χ1n) is 6.34. The van der Waals surface area contributed by atoms with Crippen LogP contribution in [0.5, 0.6) is 0 Å². The normalized spacial score (nSPS) is 12.5. The molecule has 1 unspecified atom stereocenters. The lowest BCUT2D eigenvalue weighted by atomic mass is 10.1. The Morgan fingerprint density at radius 1 is 1.50 bits per heavy atom. The van der Waals surface area contributed by atoms with Gasteiger partial charge in [-0.15, -0.1) is 11.3 Å². The summed E-state index contributed by atoms with van der Waals surface area (Å²) in [4.78, 5) is 13.8. The van der Waals surface area contributed by atoms with Gasteiger partial charge in [-0.3, -0.25) is 0 Å². The van der Waals surface area contributed by atoms with Crippen LogP contribution in [0.3, 0.4) is 0 Å². The molecule has 1 heterocycles. The van der Waals surface area contributed by atoms with Gasteiger partial charge < -0.3 is 10.0 Å². The highest BCUT2D eigenvalue weighted by atomic mass is 32.1. The van der Waals surface area contributed by atoms with Gasteiger partial charge in [0.2, 0.25) is 0 Å². The zero-order valence-corrected chi connectivity index (χ0v) is 12.3. The minimum absolute atomic E-state index is 0.0711. The average molecular weight is 288 g/mol. The number of hydrogen-bond acceptors (Lipinski definition) is 4. The maximum absolute atomic E-state index is 11.4. The number of carbonyl (C=O) groups is 1. The Balaban J connectivity index is 2.35. The summed E-state index contributed by atoms with van der Waals surface area (Å²) < 4.78 is 0.988. The van der Waals surface area contributed by atoms with Crippen molar-refractivity contribution in [1.29, 1.82) is 5.26 Å². The van der Waals surface area contributed by atoms with Gasteiger partial charge in [0.25, 0.3) is 0 Å². The second kappa shape index (κ2) is 6.04. The molecule has 1 N–H and O–H groups in total. The Morgan fingerprint density at radius 2 is 2.20 bits per heavy atom. The lowest BCUT2D eigenvalue weighted by Crippen LogP contribution is -2.24. The van der Waals surface area contributed by atoms with Gasteiger partial charge in [0.15, 0.2) is 0 Å². The quantitative estimate of drug-likeness (QED) is 0.917. The number of carboxylic acid groups (broad SMARTS) is 1. The first kappa shape index (κ1) is 14.5. The smallest absolute Gasteiger partial charge is 0.346 e. The molecule has 1 aromatic heterocycles. The van der Waals surface area contributed by atoms with E-state index in [-0.39, 0.29) is 5.92 Å². The van der Waals surface area contributed by atoms with Crippen LogP contribution in [-0.2, 0) is 6.54 Å². The van der Waals surface area contributed by atoms with Gasteiger partial charge in [-0.05, 0) is 31.0 Å². The van der Waals surface area contributed by atoms with Gasteiger partial charge in [-0.2, -0.15) is 5.26 Å². The lowest BCUT2D eigenvalue weighted by molar-refractivity contribution is 0.0700. The predicted octanol–water partition coefficient (Wildman–Crippen LogP) is 3.19. The van der Waals surface area contributed by atoms with E-state index in [0.717, 1.165) is 15.6 Å². The molecule has 1 aromatic carbocycles. The standard InChI is InChI=1S/C15H16N2O2S/c1-10(7-16)8-17(2)9-12-11-5-3-4-6-13(11)20-14(12)15(18)19/h3-6,10H,8-9H2,1-2H3,(H,18,19). The Labute approximate surface area is 121 Å². The summed E-state index contributed by atoms with van der Waals surface area (Å²) in [6.45, 7) is 3.03. The van der Waals surface area contributed by atoms with Crippen LogP contribution in [0, 0.1) is 17.2 Å². The van der Waals surface area contributed by atoms with Gasteiger partial charge in [-0.25, -0.2) is 4.79 Å². The van der Waals surface area contributed by atoms with Crippen molar-refractivity contribution in [3.8, 4) is 6.07 Å². The van der Waals surface area contributed by atoms with Crippen molar-refractivity contribution in [3.63, 3.8) is 0 Å². The van der Waals surface area contributed by atoms with Gasteiger partial charge in [0.1, 0.15) is 4.88 Å². The third kappa shape index (κ3) is 2.98. The number of fused-ring (bicyclic) bond motifs is 1. The van der Waals surface area contributed by atoms with Crippen molar-refractivity contribution < 1.29 is 9.90 Å². The lowest BCUT2D eigenvalue weighted by Gasteiger charge is -2.18. The van der Waals surface area contributed by atoms with Crippen molar-refractivity contribution in [2.75, 3.05) is 13.6 Å². The van der Waals surface area contributed by atoms with Crippen molar-refractivity contribution >= 4 is 27.4 Å². The minimum atomic E-state index is -0.886. The van der Waals surface area contributed by atoms with Crippen molar-refractivity contribution in [2.45, 2.75) is 13.5 Å². The minimum Gasteiger partial charge on any atom is -0.477 e. The molecule has 0 saturated carbocycles. The molecule has 0 amide bonds. The van der Waals surface area contributed by atoms with Crippen LogP contribution in [0.4, 0.5) is 0 Å². The number of carboxylic acids is 1. The summed E-state index contributed by atoms with van der Waals surface area (Å²) in [6, 6.07) is 9.92.